The lowest BCUT2D eigenvalue weighted by Crippen LogP contribution is -2.67. The second-order valence-corrected chi connectivity index (χ2v) is 16.0. The van der Waals surface area contributed by atoms with Crippen LogP contribution in [0.15, 0.2) is 22.8 Å². The van der Waals surface area contributed by atoms with E-state index < -0.39 is 35.2 Å². The molecule has 0 radical (unpaired) electrons. The Bertz CT molecular complexity index is 1660. The van der Waals surface area contributed by atoms with E-state index in [0.717, 1.165) is 24.0 Å². The summed E-state index contributed by atoms with van der Waals surface area (Å²) in [5, 5.41) is 19.2. The molecule has 2 heterocycles. The fourth-order valence-corrected chi connectivity index (χ4v) is 8.83. The summed E-state index contributed by atoms with van der Waals surface area (Å²) in [4.78, 5) is 56.6. The molecular weight excluding hydrogens is 660 g/mol. The maximum atomic E-state index is 14.4. The van der Waals surface area contributed by atoms with Crippen LogP contribution in [0.4, 0.5) is 19.3 Å². The Hall–Kier alpha value is -4.10. The van der Waals surface area contributed by atoms with Gasteiger partial charge in [-0.2, -0.15) is 0 Å². The third-order valence-electron chi connectivity index (χ3n) is 12.4. The van der Waals surface area contributed by atoms with Crippen molar-refractivity contribution < 1.29 is 32.6 Å². The molecule has 276 valence electrons. The molecule has 4 fully saturated rings. The van der Waals surface area contributed by atoms with Gasteiger partial charge in [0, 0.05) is 56.4 Å². The first-order chi connectivity index (χ1) is 24.4. The Morgan fingerprint density at radius 2 is 1.73 bits per heavy atom. The topological polar surface area (TPSA) is 159 Å². The van der Waals surface area contributed by atoms with E-state index in [1.165, 1.54) is 32.1 Å². The van der Waals surface area contributed by atoms with E-state index in [4.69, 9.17) is 0 Å². The molecule has 5 amide bonds. The Morgan fingerprint density at radius 3 is 2.41 bits per heavy atom. The van der Waals surface area contributed by atoms with Gasteiger partial charge in [0.25, 0.3) is 5.91 Å². The van der Waals surface area contributed by atoms with Gasteiger partial charge < -0.3 is 26.2 Å². The highest BCUT2D eigenvalue weighted by Gasteiger charge is 2.57. The van der Waals surface area contributed by atoms with Gasteiger partial charge in [0.05, 0.1) is 0 Å². The Labute approximate surface area is 296 Å². The molecule has 3 saturated carbocycles. The van der Waals surface area contributed by atoms with Crippen LogP contribution in [-0.2, 0) is 22.4 Å². The summed E-state index contributed by atoms with van der Waals surface area (Å²) in [5.41, 5.74) is 1.24. The zero-order valence-corrected chi connectivity index (χ0v) is 29.5. The number of aromatic nitrogens is 2. The minimum Gasteiger partial charge on any atom is -0.354 e. The number of nitrogens with one attached hydrogen (secondary N) is 4. The van der Waals surface area contributed by atoms with Crippen molar-refractivity contribution >= 4 is 29.4 Å². The normalized spacial score (nSPS) is 25.4. The van der Waals surface area contributed by atoms with Crippen molar-refractivity contribution in [2.45, 2.75) is 115 Å². The number of halogens is 2. The van der Waals surface area contributed by atoms with Gasteiger partial charge in [0.1, 0.15) is 17.3 Å². The molecule has 1 aromatic carbocycles. The number of fused-ring (bicyclic) bond motifs is 1. The zero-order chi connectivity index (χ0) is 36.0. The van der Waals surface area contributed by atoms with Crippen LogP contribution in [0.3, 0.4) is 0 Å². The first kappa shape index (κ1) is 35.3. The van der Waals surface area contributed by atoms with Crippen LogP contribution < -0.4 is 21.3 Å². The fraction of sp³-hybridized carbons (Fsp3) is 0.676. The van der Waals surface area contributed by atoms with E-state index >= 15 is 0 Å². The molecule has 1 saturated heterocycles. The predicted octanol–water partition coefficient (Wildman–Crippen LogP) is 4.92. The second-order valence-electron chi connectivity index (χ2n) is 16.0. The number of amides is 5. The van der Waals surface area contributed by atoms with Crippen molar-refractivity contribution in [1.82, 2.24) is 31.2 Å². The molecule has 4 N–H and O–H groups in total. The molecule has 12 nitrogen and oxygen atoms in total. The summed E-state index contributed by atoms with van der Waals surface area (Å²) < 4.78 is 32.8. The monoisotopic (exact) mass is 709 g/mol. The Kier molecular flexibility index (Phi) is 9.55. The SMILES string of the molecule is Cc1nonc1C(=O)N[C@H](C(=O)Nc1ccc2c(c1)CC(C(=O)NCC(C)C1CCCCC1)(N1CC3(CC3)CNC1=O)C2)C1CCC(F)(F)CC1. The van der Waals surface area contributed by atoms with Gasteiger partial charge in [0.15, 0.2) is 5.69 Å². The molecule has 2 unspecified atom stereocenters. The number of rotatable bonds is 10. The van der Waals surface area contributed by atoms with E-state index in [0.29, 0.717) is 43.6 Å². The number of urea groups is 1. The van der Waals surface area contributed by atoms with Crippen LogP contribution in [0.25, 0.3) is 0 Å². The number of nitrogens with zero attached hydrogens (tertiary/aromatic N) is 3. The second kappa shape index (κ2) is 13.8. The molecular formula is C37H49F2N7O5. The van der Waals surface area contributed by atoms with Crippen LogP contribution in [-0.4, -0.2) is 76.1 Å². The molecule has 5 aliphatic rings. The van der Waals surface area contributed by atoms with Crippen molar-refractivity contribution in [3.63, 3.8) is 0 Å². The molecule has 14 heteroatoms. The van der Waals surface area contributed by atoms with Crippen LogP contribution in [0.2, 0.25) is 0 Å². The summed E-state index contributed by atoms with van der Waals surface area (Å²) in [6.45, 7) is 5.43. The highest BCUT2D eigenvalue weighted by molar-refractivity contribution is 6.01. The quantitative estimate of drug-likeness (QED) is 0.273. The van der Waals surface area contributed by atoms with E-state index in [1.54, 1.807) is 17.9 Å². The van der Waals surface area contributed by atoms with E-state index in [1.807, 2.05) is 12.1 Å². The van der Waals surface area contributed by atoms with Gasteiger partial charge in [-0.05, 0) is 78.8 Å². The minimum absolute atomic E-state index is 0.00635. The lowest BCUT2D eigenvalue weighted by atomic mass is 9.80. The first-order valence-corrected chi connectivity index (χ1v) is 18.6. The van der Waals surface area contributed by atoms with E-state index in [9.17, 15) is 28.0 Å². The lowest BCUT2D eigenvalue weighted by molar-refractivity contribution is -0.132. The number of anilines is 1. The molecule has 1 aliphatic heterocycles. The van der Waals surface area contributed by atoms with E-state index in [-0.39, 0.29) is 60.8 Å². The van der Waals surface area contributed by atoms with Gasteiger partial charge in [0.2, 0.25) is 17.7 Å². The number of carbonyl (C=O) groups excluding carboxylic acids is 4. The molecule has 51 heavy (non-hydrogen) atoms. The fourth-order valence-electron chi connectivity index (χ4n) is 8.83. The maximum Gasteiger partial charge on any atom is 0.318 e. The third kappa shape index (κ3) is 7.32. The number of hydrogen-bond acceptors (Lipinski definition) is 7. The number of aryl methyl sites for hydroxylation is 1. The molecule has 4 aliphatic carbocycles. The summed E-state index contributed by atoms with van der Waals surface area (Å²) >= 11 is 0. The smallest absolute Gasteiger partial charge is 0.318 e. The average molecular weight is 710 g/mol. The third-order valence-corrected chi connectivity index (χ3v) is 12.4. The highest BCUT2D eigenvalue weighted by Crippen LogP contribution is 2.50. The molecule has 0 bridgehead atoms. The van der Waals surface area contributed by atoms with Crippen molar-refractivity contribution in [2.75, 3.05) is 25.0 Å². The van der Waals surface area contributed by atoms with E-state index in [2.05, 4.69) is 43.1 Å². The summed E-state index contributed by atoms with van der Waals surface area (Å²) in [5.74, 6) is -3.82. The molecule has 7 rings (SSSR count). The molecule has 1 spiro atoms. The average Bonchev–Trinajstić information content (AvgIpc) is 3.53. The summed E-state index contributed by atoms with van der Waals surface area (Å²) in [7, 11) is 0. The maximum absolute atomic E-state index is 14.4. The Morgan fingerprint density at radius 1 is 1.00 bits per heavy atom. The van der Waals surface area contributed by atoms with Gasteiger partial charge in [-0.15, -0.1) is 0 Å². The standard InChI is InChI=1S/C37H49F2N7O5/c1-22(24-6-4-3-5-7-24)19-40-33(49)36(46-21-35(14-15-35)20-41-34(46)50)17-26-8-9-28(16-27(26)18-36)42-32(48)30(25-10-12-37(38,39)13-11-25)43-31(47)29-23(2)44-51-45-29/h8-9,16,22,24-25,30H,3-7,10-15,17-21H2,1-2H3,(H,40,49)(H,41,50)(H,42,48)(H,43,47)/t22?,30-,36?/m0/s1. The van der Waals surface area contributed by atoms with Crippen LogP contribution in [0.1, 0.15) is 105 Å². The van der Waals surface area contributed by atoms with Crippen molar-refractivity contribution in [3.8, 4) is 0 Å². The number of benzene rings is 1. The molecule has 3 atom stereocenters. The van der Waals surface area contributed by atoms with Gasteiger partial charge >= 0.3 is 6.03 Å². The number of hydrogen-bond donors (Lipinski definition) is 4. The van der Waals surface area contributed by atoms with Gasteiger partial charge in [-0.25, -0.2) is 18.2 Å². The summed E-state index contributed by atoms with van der Waals surface area (Å²) in [6, 6.07) is 4.09. The zero-order valence-electron chi connectivity index (χ0n) is 29.5. The number of carbonyl (C=O) groups is 4. The van der Waals surface area contributed by atoms with Crippen molar-refractivity contribution in [3.05, 3.63) is 40.7 Å². The highest BCUT2D eigenvalue weighted by atomic mass is 19.3. The Balaban J connectivity index is 1.10. The van der Waals surface area contributed by atoms with Gasteiger partial charge in [-0.3, -0.25) is 14.4 Å². The van der Waals surface area contributed by atoms with Crippen molar-refractivity contribution in [1.29, 1.82) is 0 Å². The molecule has 2 aromatic rings. The van der Waals surface area contributed by atoms with Crippen molar-refractivity contribution in [2.24, 2.45) is 23.2 Å². The predicted molar refractivity (Wildman–Crippen MR) is 183 cm³/mol. The van der Waals surface area contributed by atoms with Crippen LogP contribution in [0, 0.1) is 30.1 Å². The number of alkyl halides is 2. The summed E-state index contributed by atoms with van der Waals surface area (Å²) in [6.07, 6.45) is 8.06. The van der Waals surface area contributed by atoms with Crippen LogP contribution >= 0.6 is 0 Å². The van der Waals surface area contributed by atoms with Crippen LogP contribution in [0.5, 0.6) is 0 Å². The first-order valence-electron chi connectivity index (χ1n) is 18.6. The molecule has 1 aromatic heterocycles. The lowest BCUT2D eigenvalue weighted by Gasteiger charge is -2.45. The minimum atomic E-state index is -2.81. The largest absolute Gasteiger partial charge is 0.354 e. The van der Waals surface area contributed by atoms with Gasteiger partial charge in [-0.1, -0.05) is 50.3 Å².